The number of fused-ring (bicyclic) bond motifs is 1. The molecule has 2 saturated heterocycles. The maximum absolute atomic E-state index is 5.83. The van der Waals surface area contributed by atoms with Crippen LogP contribution in [0.4, 0.5) is 0 Å². The summed E-state index contributed by atoms with van der Waals surface area (Å²) in [5.74, 6) is 0.945. The quantitative estimate of drug-likeness (QED) is 0.809. The Bertz CT molecular complexity index is 640. The summed E-state index contributed by atoms with van der Waals surface area (Å²) in [4.78, 5) is 9.34. The van der Waals surface area contributed by atoms with Gasteiger partial charge in [-0.2, -0.15) is 0 Å². The zero-order chi connectivity index (χ0) is 16.9. The van der Waals surface area contributed by atoms with Gasteiger partial charge < -0.3 is 9.30 Å². The highest BCUT2D eigenvalue weighted by molar-refractivity contribution is 5.27. The van der Waals surface area contributed by atoms with Crippen molar-refractivity contribution in [2.45, 2.75) is 38.4 Å². The van der Waals surface area contributed by atoms with E-state index in [1.807, 2.05) is 17.1 Å². The Morgan fingerprint density at radius 3 is 2.84 bits per heavy atom. The molecule has 1 aromatic carbocycles. The Balaban J connectivity index is 1.24. The smallest absolute Gasteiger partial charge is 0.119 e. The SMILES string of the molecule is c1cn(CCOc2ccc(CN3CCN4CCCCC4C3)cc2)cn1. The number of hydrogen-bond donors (Lipinski definition) is 0. The lowest BCUT2D eigenvalue weighted by Crippen LogP contribution is -2.54. The van der Waals surface area contributed by atoms with Crippen LogP contribution in [0.15, 0.2) is 43.0 Å². The van der Waals surface area contributed by atoms with Gasteiger partial charge in [0.05, 0.1) is 12.9 Å². The second kappa shape index (κ2) is 8.02. The first kappa shape index (κ1) is 16.6. The zero-order valence-electron chi connectivity index (χ0n) is 14.9. The number of piperazine rings is 1. The van der Waals surface area contributed by atoms with E-state index in [0.29, 0.717) is 6.61 Å². The van der Waals surface area contributed by atoms with Crippen LogP contribution in [0.5, 0.6) is 5.75 Å². The average Bonchev–Trinajstić information content (AvgIpc) is 3.17. The van der Waals surface area contributed by atoms with Gasteiger partial charge in [0.1, 0.15) is 12.4 Å². The fraction of sp³-hybridized carbons (Fsp3) is 0.550. The molecule has 4 rings (SSSR count). The third-order valence-electron chi connectivity index (χ3n) is 5.43. The second-order valence-electron chi connectivity index (χ2n) is 7.21. The number of hydrogen-bond acceptors (Lipinski definition) is 4. The summed E-state index contributed by atoms with van der Waals surface area (Å²) >= 11 is 0. The van der Waals surface area contributed by atoms with Gasteiger partial charge in [-0.15, -0.1) is 0 Å². The van der Waals surface area contributed by atoms with Gasteiger partial charge in [-0.25, -0.2) is 4.98 Å². The number of benzene rings is 1. The number of piperidine rings is 1. The maximum atomic E-state index is 5.83. The lowest BCUT2D eigenvalue weighted by Gasteiger charge is -2.44. The lowest BCUT2D eigenvalue weighted by molar-refractivity contribution is 0.0457. The molecule has 0 spiro atoms. The number of aromatic nitrogens is 2. The predicted molar refractivity (Wildman–Crippen MR) is 98.7 cm³/mol. The molecule has 134 valence electrons. The highest BCUT2D eigenvalue weighted by Gasteiger charge is 2.28. The summed E-state index contributed by atoms with van der Waals surface area (Å²) in [5.41, 5.74) is 1.38. The molecule has 3 heterocycles. The molecule has 2 aliphatic heterocycles. The third-order valence-corrected chi connectivity index (χ3v) is 5.43. The molecule has 0 bridgehead atoms. The molecule has 2 aromatic rings. The number of ether oxygens (including phenoxy) is 1. The van der Waals surface area contributed by atoms with E-state index in [1.165, 1.54) is 51.0 Å². The Morgan fingerprint density at radius 2 is 2.00 bits per heavy atom. The molecule has 0 N–H and O–H groups in total. The van der Waals surface area contributed by atoms with Gasteiger partial charge in [-0.1, -0.05) is 18.6 Å². The summed E-state index contributed by atoms with van der Waals surface area (Å²) in [6.45, 7) is 7.51. The zero-order valence-corrected chi connectivity index (χ0v) is 14.9. The molecule has 0 saturated carbocycles. The molecular formula is C20H28N4O. The van der Waals surface area contributed by atoms with Crippen LogP contribution in [0.2, 0.25) is 0 Å². The fourth-order valence-electron chi connectivity index (χ4n) is 4.00. The minimum atomic E-state index is 0.666. The first-order valence-corrected chi connectivity index (χ1v) is 9.51. The Kier molecular flexibility index (Phi) is 5.33. The van der Waals surface area contributed by atoms with Crippen molar-refractivity contribution in [3.05, 3.63) is 48.5 Å². The van der Waals surface area contributed by atoms with Gasteiger partial charge in [0.15, 0.2) is 0 Å². The standard InChI is InChI=1S/C20H28N4O/c1-2-9-24-12-11-23(16-19(24)3-1)15-18-4-6-20(7-5-18)25-14-13-22-10-8-21-17-22/h4-8,10,17,19H,1-3,9,11-16H2. The van der Waals surface area contributed by atoms with E-state index < -0.39 is 0 Å². The molecule has 5 heteroatoms. The Morgan fingerprint density at radius 1 is 1.08 bits per heavy atom. The molecule has 25 heavy (non-hydrogen) atoms. The molecule has 5 nitrogen and oxygen atoms in total. The highest BCUT2D eigenvalue weighted by Crippen LogP contribution is 2.22. The average molecular weight is 340 g/mol. The molecule has 1 unspecified atom stereocenters. The largest absolute Gasteiger partial charge is 0.492 e. The van der Waals surface area contributed by atoms with E-state index in [0.717, 1.165) is 24.9 Å². The highest BCUT2D eigenvalue weighted by atomic mass is 16.5. The van der Waals surface area contributed by atoms with Gasteiger partial charge in [-0.05, 0) is 37.1 Å². The second-order valence-corrected chi connectivity index (χ2v) is 7.21. The van der Waals surface area contributed by atoms with Crippen LogP contribution in [-0.2, 0) is 13.1 Å². The Hall–Kier alpha value is -1.85. The van der Waals surface area contributed by atoms with Crippen molar-refractivity contribution >= 4 is 0 Å². The third kappa shape index (κ3) is 4.41. The monoisotopic (exact) mass is 340 g/mol. The predicted octanol–water partition coefficient (Wildman–Crippen LogP) is 2.63. The Labute approximate surface area is 150 Å². The van der Waals surface area contributed by atoms with Crippen LogP contribution >= 0.6 is 0 Å². The van der Waals surface area contributed by atoms with Gasteiger partial charge in [0.25, 0.3) is 0 Å². The number of nitrogens with zero attached hydrogens (tertiary/aromatic N) is 4. The molecule has 0 radical (unpaired) electrons. The van der Waals surface area contributed by atoms with Crippen molar-refractivity contribution in [3.63, 3.8) is 0 Å². The van der Waals surface area contributed by atoms with Gasteiger partial charge in [0, 0.05) is 44.6 Å². The summed E-state index contributed by atoms with van der Waals surface area (Å²) in [6, 6.07) is 9.40. The first-order chi connectivity index (χ1) is 12.4. The molecule has 0 amide bonds. The van der Waals surface area contributed by atoms with E-state index in [2.05, 4.69) is 39.0 Å². The van der Waals surface area contributed by atoms with Crippen molar-refractivity contribution in [1.82, 2.24) is 19.4 Å². The fourth-order valence-corrected chi connectivity index (χ4v) is 4.00. The molecule has 2 fully saturated rings. The topological polar surface area (TPSA) is 33.5 Å². The first-order valence-electron chi connectivity index (χ1n) is 9.51. The molecule has 0 aliphatic carbocycles. The van der Waals surface area contributed by atoms with Crippen LogP contribution in [-0.4, -0.2) is 58.2 Å². The summed E-state index contributed by atoms with van der Waals surface area (Å²) in [6.07, 6.45) is 9.73. The summed E-state index contributed by atoms with van der Waals surface area (Å²) in [5, 5.41) is 0. The maximum Gasteiger partial charge on any atom is 0.119 e. The van der Waals surface area contributed by atoms with Crippen molar-refractivity contribution in [2.24, 2.45) is 0 Å². The van der Waals surface area contributed by atoms with E-state index in [-0.39, 0.29) is 0 Å². The van der Waals surface area contributed by atoms with Crippen molar-refractivity contribution < 1.29 is 4.74 Å². The van der Waals surface area contributed by atoms with Crippen molar-refractivity contribution in [2.75, 3.05) is 32.8 Å². The van der Waals surface area contributed by atoms with Crippen LogP contribution < -0.4 is 4.74 Å². The van der Waals surface area contributed by atoms with Gasteiger partial charge >= 0.3 is 0 Å². The van der Waals surface area contributed by atoms with Crippen LogP contribution in [0.25, 0.3) is 0 Å². The summed E-state index contributed by atoms with van der Waals surface area (Å²) in [7, 11) is 0. The van der Waals surface area contributed by atoms with E-state index in [4.69, 9.17) is 4.74 Å². The lowest BCUT2D eigenvalue weighted by atomic mass is 9.99. The normalized spacial score (nSPS) is 21.8. The minimum Gasteiger partial charge on any atom is -0.492 e. The van der Waals surface area contributed by atoms with Crippen LogP contribution in [0, 0.1) is 0 Å². The van der Waals surface area contributed by atoms with Crippen molar-refractivity contribution in [3.8, 4) is 5.75 Å². The summed E-state index contributed by atoms with van der Waals surface area (Å²) < 4.78 is 7.85. The number of rotatable bonds is 6. The van der Waals surface area contributed by atoms with E-state index >= 15 is 0 Å². The minimum absolute atomic E-state index is 0.666. The number of imidazole rings is 1. The van der Waals surface area contributed by atoms with Gasteiger partial charge in [0.2, 0.25) is 0 Å². The van der Waals surface area contributed by atoms with Crippen LogP contribution in [0.1, 0.15) is 24.8 Å². The van der Waals surface area contributed by atoms with Gasteiger partial charge in [-0.3, -0.25) is 9.80 Å². The van der Waals surface area contributed by atoms with E-state index in [1.54, 1.807) is 6.20 Å². The van der Waals surface area contributed by atoms with Crippen LogP contribution in [0.3, 0.4) is 0 Å². The molecule has 1 atom stereocenters. The van der Waals surface area contributed by atoms with Crippen molar-refractivity contribution in [1.29, 1.82) is 0 Å². The molecular weight excluding hydrogens is 312 g/mol. The molecule has 1 aromatic heterocycles. The molecule has 2 aliphatic rings. The van der Waals surface area contributed by atoms with E-state index in [9.17, 15) is 0 Å².